The topological polar surface area (TPSA) is 132 Å². The largest absolute Gasteiger partial charge is 0.497 e. The highest BCUT2D eigenvalue weighted by Crippen LogP contribution is 2.41. The maximum absolute atomic E-state index is 12.9. The van der Waals surface area contributed by atoms with E-state index in [0.29, 0.717) is 24.3 Å². The van der Waals surface area contributed by atoms with Crippen LogP contribution in [0.25, 0.3) is 0 Å². The summed E-state index contributed by atoms with van der Waals surface area (Å²) in [6, 6.07) is 24.5. The second-order valence-electron chi connectivity index (χ2n) is 12.3. The summed E-state index contributed by atoms with van der Waals surface area (Å²) < 4.78 is 22.2. The molecule has 50 heavy (non-hydrogen) atoms. The van der Waals surface area contributed by atoms with Crippen LogP contribution in [0.1, 0.15) is 87.8 Å². The first-order valence-corrected chi connectivity index (χ1v) is 17.6. The van der Waals surface area contributed by atoms with Crippen LogP contribution in [-0.2, 0) is 29.5 Å². The van der Waals surface area contributed by atoms with Crippen molar-refractivity contribution in [3.63, 3.8) is 0 Å². The normalized spacial score (nSPS) is 12.4. The van der Waals surface area contributed by atoms with Crippen molar-refractivity contribution < 1.29 is 38.4 Å². The Morgan fingerprint density at radius 1 is 0.680 bits per heavy atom. The van der Waals surface area contributed by atoms with Gasteiger partial charge in [0.2, 0.25) is 5.91 Å². The third-order valence-electron chi connectivity index (χ3n) is 8.79. The lowest BCUT2D eigenvalue weighted by Gasteiger charge is -2.36. The highest BCUT2D eigenvalue weighted by molar-refractivity contribution is 5.83. The van der Waals surface area contributed by atoms with Crippen LogP contribution in [0.4, 0.5) is 0 Å². The van der Waals surface area contributed by atoms with Gasteiger partial charge in [-0.3, -0.25) is 14.4 Å². The predicted octanol–water partition coefficient (Wildman–Crippen LogP) is 6.07. The van der Waals surface area contributed by atoms with Crippen LogP contribution in [0, 0.1) is 0 Å². The fourth-order valence-corrected chi connectivity index (χ4v) is 5.91. The van der Waals surface area contributed by atoms with Gasteiger partial charge in [0.15, 0.2) is 6.10 Å². The summed E-state index contributed by atoms with van der Waals surface area (Å²) in [6.45, 7) is 1.87. The van der Waals surface area contributed by atoms with Crippen LogP contribution in [-0.4, -0.2) is 69.5 Å². The van der Waals surface area contributed by atoms with Gasteiger partial charge in [0, 0.05) is 19.4 Å². The van der Waals surface area contributed by atoms with E-state index in [9.17, 15) is 19.5 Å². The first-order chi connectivity index (χ1) is 24.2. The van der Waals surface area contributed by atoms with Crippen LogP contribution in [0.15, 0.2) is 78.9 Å². The van der Waals surface area contributed by atoms with E-state index in [1.807, 2.05) is 78.9 Å². The van der Waals surface area contributed by atoms with Gasteiger partial charge in [0.25, 0.3) is 5.91 Å². The summed E-state index contributed by atoms with van der Waals surface area (Å²) in [5, 5.41) is 16.2. The molecule has 2 amide bonds. The third kappa shape index (κ3) is 12.2. The molecular formula is C40H54N2O8. The zero-order chi connectivity index (χ0) is 36.2. The van der Waals surface area contributed by atoms with Crippen molar-refractivity contribution in [1.82, 2.24) is 10.6 Å². The zero-order valence-electron chi connectivity index (χ0n) is 30.0. The zero-order valence-corrected chi connectivity index (χ0v) is 30.0. The van der Waals surface area contributed by atoms with E-state index in [2.05, 4.69) is 15.4 Å². The standard InChI is InChI=1S/C40H54N2O8/c1-30(42-36(43)18-14-9-7-5-6-8-10-15-19-37(44)49-4)38(45)39(46)41-28-29-50-40(31-16-12-11-13-17-31,32-20-24-34(47-2)25-21-32)33-22-26-35(48-3)27-23-33/h11-13,16-17,20-27,30,38,45H,5-10,14-15,18-19,28-29H2,1-4H3,(H,41,46)(H,42,43)/t30-,38+/m0/s1. The molecule has 0 spiro atoms. The maximum Gasteiger partial charge on any atom is 0.305 e. The summed E-state index contributed by atoms with van der Waals surface area (Å²) in [4.78, 5) is 36.5. The van der Waals surface area contributed by atoms with Gasteiger partial charge >= 0.3 is 5.97 Å². The number of methoxy groups -OCH3 is 3. The Hall–Kier alpha value is -4.41. The molecule has 0 fully saturated rings. The summed E-state index contributed by atoms with van der Waals surface area (Å²) in [5.74, 6) is 0.483. The van der Waals surface area contributed by atoms with E-state index in [4.69, 9.17) is 14.2 Å². The molecule has 10 heteroatoms. The summed E-state index contributed by atoms with van der Waals surface area (Å²) in [7, 11) is 4.65. The molecule has 272 valence electrons. The van der Waals surface area contributed by atoms with Crippen molar-refractivity contribution in [3.8, 4) is 11.5 Å². The maximum atomic E-state index is 12.9. The van der Waals surface area contributed by atoms with Gasteiger partial charge in [-0.25, -0.2) is 0 Å². The average Bonchev–Trinajstić information content (AvgIpc) is 3.15. The molecule has 0 aliphatic carbocycles. The molecule has 0 radical (unpaired) electrons. The van der Waals surface area contributed by atoms with E-state index in [0.717, 1.165) is 68.1 Å². The second-order valence-corrected chi connectivity index (χ2v) is 12.3. The SMILES string of the molecule is COC(=O)CCCCCCCCCCC(=O)N[C@@H](C)[C@@H](O)C(=O)NCCOC(c1ccccc1)(c1ccc(OC)cc1)c1ccc(OC)cc1. The van der Waals surface area contributed by atoms with Gasteiger partial charge in [-0.15, -0.1) is 0 Å². The van der Waals surface area contributed by atoms with Gasteiger partial charge in [-0.2, -0.15) is 0 Å². The molecule has 2 atom stereocenters. The van der Waals surface area contributed by atoms with Gasteiger partial charge in [0.1, 0.15) is 17.1 Å². The molecule has 3 rings (SSSR count). The van der Waals surface area contributed by atoms with Crippen LogP contribution < -0.4 is 20.1 Å². The molecule has 0 bridgehead atoms. The molecule has 0 aliphatic heterocycles. The second kappa shape index (κ2) is 21.6. The minimum absolute atomic E-state index is 0.125. The number of unbranched alkanes of at least 4 members (excludes halogenated alkanes) is 7. The summed E-state index contributed by atoms with van der Waals surface area (Å²) >= 11 is 0. The van der Waals surface area contributed by atoms with E-state index < -0.39 is 23.7 Å². The molecule has 0 unspecified atom stereocenters. The number of aliphatic hydroxyl groups excluding tert-OH is 1. The number of rotatable bonds is 23. The Labute approximate surface area is 296 Å². The van der Waals surface area contributed by atoms with Crippen LogP contribution in [0.2, 0.25) is 0 Å². The highest BCUT2D eigenvalue weighted by atomic mass is 16.5. The fourth-order valence-electron chi connectivity index (χ4n) is 5.91. The first-order valence-electron chi connectivity index (χ1n) is 17.6. The van der Waals surface area contributed by atoms with Crippen molar-refractivity contribution in [3.05, 3.63) is 95.6 Å². The van der Waals surface area contributed by atoms with Crippen molar-refractivity contribution in [2.24, 2.45) is 0 Å². The first kappa shape index (κ1) is 40.0. The van der Waals surface area contributed by atoms with Gasteiger partial charge in [-0.1, -0.05) is 93.1 Å². The van der Waals surface area contributed by atoms with E-state index >= 15 is 0 Å². The minimum Gasteiger partial charge on any atom is -0.497 e. The lowest BCUT2D eigenvalue weighted by molar-refractivity contribution is -0.140. The number of benzene rings is 3. The number of ether oxygens (including phenoxy) is 4. The van der Waals surface area contributed by atoms with Crippen molar-refractivity contribution in [2.75, 3.05) is 34.5 Å². The quantitative estimate of drug-likeness (QED) is 0.0621. The van der Waals surface area contributed by atoms with Crippen LogP contribution in [0.5, 0.6) is 11.5 Å². The predicted molar refractivity (Wildman–Crippen MR) is 193 cm³/mol. The monoisotopic (exact) mass is 690 g/mol. The molecule has 0 aromatic heterocycles. The number of hydrogen-bond acceptors (Lipinski definition) is 8. The van der Waals surface area contributed by atoms with E-state index in [1.165, 1.54) is 7.11 Å². The number of esters is 1. The molecule has 0 aliphatic rings. The molecule has 10 nitrogen and oxygen atoms in total. The number of aliphatic hydroxyl groups is 1. The fraction of sp³-hybridized carbons (Fsp3) is 0.475. The number of carbonyl (C=O) groups is 3. The third-order valence-corrected chi connectivity index (χ3v) is 8.79. The molecule has 3 aromatic carbocycles. The number of amides is 2. The Morgan fingerprint density at radius 2 is 1.16 bits per heavy atom. The molecule has 3 aromatic rings. The highest BCUT2D eigenvalue weighted by Gasteiger charge is 2.38. The Kier molecular flexibility index (Phi) is 17.3. The lowest BCUT2D eigenvalue weighted by atomic mass is 9.80. The Morgan fingerprint density at radius 3 is 1.66 bits per heavy atom. The van der Waals surface area contributed by atoms with E-state index in [1.54, 1.807) is 21.1 Å². The van der Waals surface area contributed by atoms with Crippen molar-refractivity contribution in [2.45, 2.75) is 88.9 Å². The van der Waals surface area contributed by atoms with Crippen molar-refractivity contribution >= 4 is 17.8 Å². The van der Waals surface area contributed by atoms with E-state index in [-0.39, 0.29) is 25.0 Å². The smallest absolute Gasteiger partial charge is 0.305 e. The lowest BCUT2D eigenvalue weighted by Crippen LogP contribution is -2.49. The minimum atomic E-state index is -1.42. The number of nitrogens with one attached hydrogen (secondary N) is 2. The van der Waals surface area contributed by atoms with Crippen molar-refractivity contribution in [1.29, 1.82) is 0 Å². The van der Waals surface area contributed by atoms with Crippen LogP contribution in [0.3, 0.4) is 0 Å². The molecule has 0 saturated heterocycles. The molecular weight excluding hydrogens is 636 g/mol. The Bertz CT molecular complexity index is 1380. The Balaban J connectivity index is 1.51. The summed E-state index contributed by atoms with van der Waals surface area (Å²) in [5.41, 5.74) is 1.59. The number of hydrogen-bond donors (Lipinski definition) is 3. The van der Waals surface area contributed by atoms with Gasteiger partial charge < -0.3 is 34.7 Å². The molecule has 0 saturated carbocycles. The molecule has 3 N–H and O–H groups in total. The van der Waals surface area contributed by atoms with Gasteiger partial charge in [-0.05, 0) is 60.7 Å². The molecule has 0 heterocycles. The average molecular weight is 691 g/mol. The van der Waals surface area contributed by atoms with Crippen LogP contribution >= 0.6 is 0 Å². The van der Waals surface area contributed by atoms with Gasteiger partial charge in [0.05, 0.1) is 34.0 Å². The summed E-state index contributed by atoms with van der Waals surface area (Å²) in [6.07, 6.45) is 7.25. The number of carbonyl (C=O) groups excluding carboxylic acids is 3.